The Balaban J connectivity index is 1.75. The fourth-order valence-corrected chi connectivity index (χ4v) is 3.61. The lowest BCUT2D eigenvalue weighted by Crippen LogP contribution is -2.50. The first kappa shape index (κ1) is 21.5. The van der Waals surface area contributed by atoms with E-state index in [1.807, 2.05) is 44.2 Å². The first-order valence-corrected chi connectivity index (χ1v) is 10.1. The highest BCUT2D eigenvalue weighted by molar-refractivity contribution is 5.99. The number of guanidine groups is 1. The van der Waals surface area contributed by atoms with Crippen molar-refractivity contribution in [3.05, 3.63) is 71.0 Å². The zero-order valence-electron chi connectivity index (χ0n) is 17.3. The Labute approximate surface area is 176 Å². The molecule has 158 valence electrons. The minimum Gasteiger partial charge on any atom is -0.369 e. The molecule has 3 rings (SSSR count). The van der Waals surface area contributed by atoms with Crippen LogP contribution in [0.15, 0.2) is 53.5 Å². The standard InChI is InChI=1S/C23H27FN4O2/c1-3-23(4-2)13-20(29)28(22(25)27-23)15-17-10-18(12-19(24)11-17)21(30)26-14-16-8-6-5-7-9-16/h5-12H,3-4,13-15H2,1-2H3,(H2,25,27)(H,26,30). The molecule has 2 aromatic carbocycles. The number of nitrogens with two attached hydrogens (primary N) is 1. The third-order valence-corrected chi connectivity index (χ3v) is 5.58. The molecule has 0 radical (unpaired) electrons. The number of rotatable bonds is 7. The van der Waals surface area contributed by atoms with Gasteiger partial charge in [-0.1, -0.05) is 44.2 Å². The molecule has 6 nitrogen and oxygen atoms in total. The fourth-order valence-electron chi connectivity index (χ4n) is 3.61. The Morgan fingerprint density at radius 1 is 1.17 bits per heavy atom. The van der Waals surface area contributed by atoms with Gasteiger partial charge in [-0.2, -0.15) is 0 Å². The Hall–Kier alpha value is -3.22. The molecule has 3 N–H and O–H groups in total. The van der Waals surface area contributed by atoms with E-state index in [-0.39, 0.29) is 36.3 Å². The van der Waals surface area contributed by atoms with Gasteiger partial charge in [-0.25, -0.2) is 9.38 Å². The maximum Gasteiger partial charge on any atom is 0.251 e. The average molecular weight is 410 g/mol. The third-order valence-electron chi connectivity index (χ3n) is 5.58. The molecule has 7 heteroatoms. The highest BCUT2D eigenvalue weighted by Gasteiger charge is 2.37. The topological polar surface area (TPSA) is 87.8 Å². The normalized spacial score (nSPS) is 15.6. The van der Waals surface area contributed by atoms with Crippen LogP contribution < -0.4 is 11.1 Å². The predicted octanol–water partition coefficient (Wildman–Crippen LogP) is 3.36. The Morgan fingerprint density at radius 2 is 1.87 bits per heavy atom. The summed E-state index contributed by atoms with van der Waals surface area (Å²) in [5.41, 5.74) is 7.22. The van der Waals surface area contributed by atoms with E-state index in [0.29, 0.717) is 12.1 Å². The van der Waals surface area contributed by atoms with E-state index >= 15 is 0 Å². The molecule has 0 fully saturated rings. The van der Waals surface area contributed by atoms with Gasteiger partial charge < -0.3 is 11.1 Å². The van der Waals surface area contributed by atoms with Crippen LogP contribution in [0, 0.1) is 5.82 Å². The second-order valence-electron chi connectivity index (χ2n) is 7.57. The molecule has 2 aromatic rings. The molecule has 0 aromatic heterocycles. The Kier molecular flexibility index (Phi) is 6.50. The molecule has 30 heavy (non-hydrogen) atoms. The molecule has 1 aliphatic rings. The van der Waals surface area contributed by atoms with Crippen LogP contribution in [0.3, 0.4) is 0 Å². The monoisotopic (exact) mass is 410 g/mol. The number of amides is 2. The van der Waals surface area contributed by atoms with Gasteiger partial charge in [0.05, 0.1) is 18.5 Å². The summed E-state index contributed by atoms with van der Waals surface area (Å²) in [5.74, 6) is -0.948. The van der Waals surface area contributed by atoms with Crippen molar-refractivity contribution in [3.8, 4) is 0 Å². The number of carbonyl (C=O) groups is 2. The maximum absolute atomic E-state index is 14.2. The maximum atomic E-state index is 14.2. The first-order valence-electron chi connectivity index (χ1n) is 10.1. The highest BCUT2D eigenvalue weighted by Crippen LogP contribution is 2.30. The fraction of sp³-hybridized carbons (Fsp3) is 0.348. The molecular weight excluding hydrogens is 383 g/mol. The summed E-state index contributed by atoms with van der Waals surface area (Å²) < 4.78 is 14.2. The van der Waals surface area contributed by atoms with Crippen molar-refractivity contribution < 1.29 is 14.0 Å². The van der Waals surface area contributed by atoms with E-state index in [0.717, 1.165) is 18.4 Å². The van der Waals surface area contributed by atoms with Crippen LogP contribution in [0.1, 0.15) is 54.6 Å². The van der Waals surface area contributed by atoms with Crippen LogP contribution in [0.2, 0.25) is 0 Å². The van der Waals surface area contributed by atoms with E-state index in [4.69, 9.17) is 5.73 Å². The van der Waals surface area contributed by atoms with E-state index < -0.39 is 11.4 Å². The zero-order chi connectivity index (χ0) is 21.7. The Bertz CT molecular complexity index is 955. The second-order valence-corrected chi connectivity index (χ2v) is 7.57. The van der Waals surface area contributed by atoms with Gasteiger partial charge in [0.2, 0.25) is 5.91 Å². The van der Waals surface area contributed by atoms with Crippen LogP contribution in [-0.2, 0) is 17.9 Å². The van der Waals surface area contributed by atoms with Crippen molar-refractivity contribution in [2.45, 2.75) is 51.7 Å². The summed E-state index contributed by atoms with van der Waals surface area (Å²) in [6.07, 6.45) is 1.70. The number of benzene rings is 2. The summed E-state index contributed by atoms with van der Waals surface area (Å²) >= 11 is 0. The summed E-state index contributed by atoms with van der Waals surface area (Å²) in [4.78, 5) is 31.1. The number of nitrogens with one attached hydrogen (secondary N) is 1. The number of nitrogens with zero attached hydrogens (tertiary/aromatic N) is 2. The van der Waals surface area contributed by atoms with E-state index in [2.05, 4.69) is 10.3 Å². The number of hydrogen-bond acceptors (Lipinski definition) is 4. The molecule has 1 heterocycles. The van der Waals surface area contributed by atoms with Crippen molar-refractivity contribution >= 4 is 17.8 Å². The van der Waals surface area contributed by atoms with Gasteiger partial charge in [0, 0.05) is 12.1 Å². The zero-order valence-corrected chi connectivity index (χ0v) is 17.3. The van der Waals surface area contributed by atoms with Crippen molar-refractivity contribution in [3.63, 3.8) is 0 Å². The molecule has 1 aliphatic heterocycles. The molecule has 0 spiro atoms. The van der Waals surface area contributed by atoms with Crippen LogP contribution in [0.4, 0.5) is 4.39 Å². The van der Waals surface area contributed by atoms with Gasteiger partial charge in [0.1, 0.15) is 5.82 Å². The number of carbonyl (C=O) groups excluding carboxylic acids is 2. The molecule has 0 aliphatic carbocycles. The minimum atomic E-state index is -0.547. The lowest BCUT2D eigenvalue weighted by atomic mass is 9.88. The largest absolute Gasteiger partial charge is 0.369 e. The summed E-state index contributed by atoms with van der Waals surface area (Å²) in [6.45, 7) is 4.37. The predicted molar refractivity (Wildman–Crippen MR) is 114 cm³/mol. The van der Waals surface area contributed by atoms with Gasteiger partial charge in [0.15, 0.2) is 5.96 Å². The van der Waals surface area contributed by atoms with Gasteiger partial charge in [-0.3, -0.25) is 14.5 Å². The van der Waals surface area contributed by atoms with E-state index in [9.17, 15) is 14.0 Å². The smallest absolute Gasteiger partial charge is 0.251 e. The second kappa shape index (κ2) is 9.07. The quantitative estimate of drug-likeness (QED) is 0.734. The van der Waals surface area contributed by atoms with E-state index in [1.54, 1.807) is 6.07 Å². The van der Waals surface area contributed by atoms with Crippen molar-refractivity contribution in [2.75, 3.05) is 0 Å². The summed E-state index contributed by atoms with van der Waals surface area (Å²) in [6, 6.07) is 13.5. The van der Waals surface area contributed by atoms with Crippen molar-refractivity contribution in [1.82, 2.24) is 10.2 Å². The molecule has 0 atom stereocenters. The van der Waals surface area contributed by atoms with Gasteiger partial charge >= 0.3 is 0 Å². The summed E-state index contributed by atoms with van der Waals surface area (Å²) in [5, 5.41) is 2.78. The lowest BCUT2D eigenvalue weighted by molar-refractivity contribution is -0.130. The lowest BCUT2D eigenvalue weighted by Gasteiger charge is -2.36. The average Bonchev–Trinajstić information content (AvgIpc) is 2.74. The minimum absolute atomic E-state index is 0.0639. The van der Waals surface area contributed by atoms with Crippen LogP contribution in [0.25, 0.3) is 0 Å². The molecule has 0 saturated heterocycles. The molecule has 0 bridgehead atoms. The first-order chi connectivity index (χ1) is 14.4. The van der Waals surface area contributed by atoms with Gasteiger partial charge in [-0.05, 0) is 42.2 Å². The molecule has 0 saturated carbocycles. The SMILES string of the molecule is CCC1(CC)CC(=O)N(Cc2cc(F)cc(C(=O)NCc3ccccc3)c2)C(N)=N1. The summed E-state index contributed by atoms with van der Waals surface area (Å²) in [7, 11) is 0. The van der Waals surface area contributed by atoms with E-state index in [1.165, 1.54) is 17.0 Å². The molecule has 0 unspecified atom stereocenters. The molecule has 2 amide bonds. The van der Waals surface area contributed by atoms with Gasteiger partial charge in [0.25, 0.3) is 5.91 Å². The van der Waals surface area contributed by atoms with Crippen LogP contribution in [0.5, 0.6) is 0 Å². The van der Waals surface area contributed by atoms with Crippen LogP contribution >= 0.6 is 0 Å². The third kappa shape index (κ3) is 4.84. The molecular formula is C23H27FN4O2. The number of hydrogen-bond donors (Lipinski definition) is 2. The van der Waals surface area contributed by atoms with Crippen molar-refractivity contribution in [2.24, 2.45) is 10.7 Å². The van der Waals surface area contributed by atoms with Crippen LogP contribution in [-0.4, -0.2) is 28.2 Å². The van der Waals surface area contributed by atoms with Gasteiger partial charge in [-0.15, -0.1) is 0 Å². The Morgan fingerprint density at radius 3 is 2.50 bits per heavy atom. The number of halogens is 1. The highest BCUT2D eigenvalue weighted by atomic mass is 19.1. The number of aliphatic imine (C=N–C) groups is 1. The van der Waals surface area contributed by atoms with Crippen molar-refractivity contribution in [1.29, 1.82) is 0 Å².